The number of aromatic nitrogens is 1. The monoisotopic (exact) mass is 272 g/mol. The maximum Gasteiger partial charge on any atom is 0.361 e. The smallest absolute Gasteiger partial charge is 0.361 e. The number of hydrogen-bond donors (Lipinski definition) is 0. The molecule has 1 aromatic rings. The third kappa shape index (κ3) is 3.04. The lowest BCUT2D eigenvalue weighted by Gasteiger charge is -2.21. The molecule has 1 rings (SSSR count). The molecule has 0 atom stereocenters. The van der Waals surface area contributed by atoms with Gasteiger partial charge in [-0.15, -0.1) is 6.58 Å². The van der Waals surface area contributed by atoms with E-state index in [0.29, 0.717) is 17.8 Å². The summed E-state index contributed by atoms with van der Waals surface area (Å²) in [5.41, 5.74) is -0.628. The van der Waals surface area contributed by atoms with Crippen molar-refractivity contribution in [1.29, 1.82) is 0 Å². The summed E-state index contributed by atoms with van der Waals surface area (Å²) in [7, 11) is 0. The number of hydrogen-bond acceptors (Lipinski definition) is 3. The summed E-state index contributed by atoms with van der Waals surface area (Å²) in [6.07, 6.45) is 1.60. The van der Waals surface area contributed by atoms with Gasteiger partial charge in [-0.2, -0.15) is 0 Å². The molecule has 18 heavy (non-hydrogen) atoms. The minimum atomic E-state index is -0.628. The van der Waals surface area contributed by atoms with E-state index in [9.17, 15) is 9.59 Å². The average Bonchev–Trinajstić information content (AvgIpc) is 2.55. The number of carbonyl (C=O) groups is 1. The maximum atomic E-state index is 12.1. The van der Waals surface area contributed by atoms with E-state index in [1.54, 1.807) is 6.08 Å². The van der Waals surface area contributed by atoms with Gasteiger partial charge >= 0.3 is 11.6 Å². The van der Waals surface area contributed by atoms with Crippen molar-refractivity contribution < 1.29 is 9.32 Å². The summed E-state index contributed by atoms with van der Waals surface area (Å²) >= 11 is 5.71. The zero-order chi connectivity index (χ0) is 13.9. The topological polar surface area (TPSA) is 55.5 Å². The molecule has 0 aliphatic rings. The Morgan fingerprint density at radius 1 is 1.61 bits per heavy atom. The Bertz CT molecular complexity index is 502. The number of halogens is 1. The average molecular weight is 273 g/mol. The van der Waals surface area contributed by atoms with Crippen LogP contribution in [0.4, 0.5) is 4.79 Å². The number of carbonyl (C=O) groups excluding carboxylic acids is 1. The minimum Gasteiger partial charge on any atom is -0.370 e. The molecule has 5 nitrogen and oxygen atoms in total. The van der Waals surface area contributed by atoms with Crippen LogP contribution in [0.5, 0.6) is 0 Å². The van der Waals surface area contributed by atoms with Crippen LogP contribution in [-0.2, 0) is 0 Å². The third-order valence-electron chi connectivity index (χ3n) is 2.29. The van der Waals surface area contributed by atoms with E-state index in [-0.39, 0.29) is 16.7 Å². The van der Waals surface area contributed by atoms with Gasteiger partial charge in [0.1, 0.15) is 5.02 Å². The van der Waals surface area contributed by atoms with Crippen molar-refractivity contribution in [1.82, 2.24) is 9.64 Å². The Morgan fingerprint density at radius 3 is 2.61 bits per heavy atom. The van der Waals surface area contributed by atoms with E-state index in [2.05, 4.69) is 6.58 Å². The van der Waals surface area contributed by atoms with E-state index >= 15 is 0 Å². The fraction of sp³-hybridized carbons (Fsp3) is 0.500. The van der Waals surface area contributed by atoms with E-state index in [0.717, 1.165) is 0 Å². The molecule has 0 aromatic carbocycles. The highest BCUT2D eigenvalue weighted by Gasteiger charge is 2.22. The molecule has 6 heteroatoms. The quantitative estimate of drug-likeness (QED) is 0.792. The zero-order valence-corrected chi connectivity index (χ0v) is 11.5. The molecule has 0 fully saturated rings. The Labute approximate surface area is 111 Å². The first-order valence-corrected chi connectivity index (χ1v) is 6.04. The Kier molecular flexibility index (Phi) is 4.78. The van der Waals surface area contributed by atoms with Gasteiger partial charge in [0, 0.05) is 13.1 Å². The number of rotatable bonds is 4. The molecule has 0 saturated heterocycles. The molecule has 0 radical (unpaired) electrons. The molecule has 0 aliphatic carbocycles. The summed E-state index contributed by atoms with van der Waals surface area (Å²) in [6, 6.07) is -0.524. The fourth-order valence-corrected chi connectivity index (χ4v) is 1.65. The first-order valence-electron chi connectivity index (χ1n) is 5.67. The van der Waals surface area contributed by atoms with Gasteiger partial charge in [-0.1, -0.05) is 36.3 Å². The molecule has 0 aliphatic heterocycles. The lowest BCUT2D eigenvalue weighted by atomic mass is 10.2. The molecule has 100 valence electrons. The van der Waals surface area contributed by atoms with Crippen molar-refractivity contribution >= 4 is 17.6 Å². The van der Waals surface area contributed by atoms with E-state index in [1.807, 2.05) is 13.8 Å². The summed E-state index contributed by atoms with van der Waals surface area (Å²) in [4.78, 5) is 25.3. The highest BCUT2D eigenvalue weighted by Crippen LogP contribution is 2.11. The number of aryl methyl sites for hydroxylation is 1. The van der Waals surface area contributed by atoms with Crippen molar-refractivity contribution in [3.8, 4) is 0 Å². The zero-order valence-electron chi connectivity index (χ0n) is 10.8. The maximum absolute atomic E-state index is 12.1. The summed E-state index contributed by atoms with van der Waals surface area (Å²) in [6.45, 7) is 9.94. The second kappa shape index (κ2) is 5.91. The van der Waals surface area contributed by atoms with Crippen LogP contribution in [0.3, 0.4) is 0 Å². The number of nitrogens with zero attached hydrogens (tertiary/aromatic N) is 2. The van der Waals surface area contributed by atoms with Gasteiger partial charge in [0.2, 0.25) is 0 Å². The fourth-order valence-electron chi connectivity index (χ4n) is 1.54. The first-order chi connectivity index (χ1) is 8.38. The second-order valence-electron chi connectivity index (χ2n) is 4.43. The minimum absolute atomic E-state index is 0.0635. The van der Waals surface area contributed by atoms with Gasteiger partial charge in [0.25, 0.3) is 0 Å². The largest absolute Gasteiger partial charge is 0.370 e. The van der Waals surface area contributed by atoms with Crippen molar-refractivity contribution in [3.05, 3.63) is 33.8 Å². The molecule has 1 aromatic heterocycles. The normalized spacial score (nSPS) is 10.7. The standard InChI is InChI=1S/C12H17ClN2O3/c1-5-6-14(7-8(2)3)12(17)15-11(16)10(13)9(4)18-15/h5,8H,1,6-7H2,2-4H3. The van der Waals surface area contributed by atoms with Gasteiger partial charge in [-0.05, 0) is 12.8 Å². The van der Waals surface area contributed by atoms with Crippen LogP contribution in [-0.4, -0.2) is 28.8 Å². The van der Waals surface area contributed by atoms with Crippen molar-refractivity contribution in [2.45, 2.75) is 20.8 Å². The lowest BCUT2D eigenvalue weighted by Crippen LogP contribution is -2.40. The second-order valence-corrected chi connectivity index (χ2v) is 4.81. The van der Waals surface area contributed by atoms with Gasteiger partial charge < -0.3 is 9.42 Å². The third-order valence-corrected chi connectivity index (χ3v) is 2.72. The van der Waals surface area contributed by atoms with E-state index < -0.39 is 11.6 Å². The van der Waals surface area contributed by atoms with Gasteiger partial charge in [0.05, 0.1) is 0 Å². The van der Waals surface area contributed by atoms with Gasteiger partial charge in [-0.25, -0.2) is 4.79 Å². The summed E-state index contributed by atoms with van der Waals surface area (Å²) < 4.78 is 5.75. The van der Waals surface area contributed by atoms with Crippen LogP contribution < -0.4 is 5.56 Å². The first kappa shape index (κ1) is 14.6. The van der Waals surface area contributed by atoms with Crippen molar-refractivity contribution in [3.63, 3.8) is 0 Å². The van der Waals surface area contributed by atoms with Crippen LogP contribution in [0.15, 0.2) is 22.0 Å². The highest BCUT2D eigenvalue weighted by molar-refractivity contribution is 6.31. The Hall–Kier alpha value is -1.49. The molecular formula is C12H17ClN2O3. The molecule has 1 amide bonds. The molecule has 0 N–H and O–H groups in total. The summed E-state index contributed by atoms with van der Waals surface area (Å²) in [5, 5.41) is -0.0635. The van der Waals surface area contributed by atoms with E-state index in [1.165, 1.54) is 11.8 Å². The van der Waals surface area contributed by atoms with Crippen LogP contribution in [0.2, 0.25) is 5.02 Å². The Morgan fingerprint density at radius 2 is 2.22 bits per heavy atom. The van der Waals surface area contributed by atoms with Crippen LogP contribution in [0.1, 0.15) is 19.6 Å². The van der Waals surface area contributed by atoms with Gasteiger partial charge in [0.15, 0.2) is 5.76 Å². The molecule has 0 saturated carbocycles. The van der Waals surface area contributed by atoms with Crippen LogP contribution in [0.25, 0.3) is 0 Å². The highest BCUT2D eigenvalue weighted by atomic mass is 35.5. The molecule has 0 spiro atoms. The van der Waals surface area contributed by atoms with Crippen LogP contribution >= 0.6 is 11.6 Å². The predicted octanol–water partition coefficient (Wildman–Crippen LogP) is 2.52. The van der Waals surface area contributed by atoms with Crippen molar-refractivity contribution in [2.24, 2.45) is 5.92 Å². The Balaban J connectivity index is 3.05. The SMILES string of the molecule is C=CCN(CC(C)C)C(=O)n1oc(C)c(Cl)c1=O. The molecule has 0 bridgehead atoms. The summed E-state index contributed by atoms with van der Waals surface area (Å²) in [5.74, 6) is 0.509. The molecular weight excluding hydrogens is 256 g/mol. The van der Waals surface area contributed by atoms with Crippen LogP contribution in [0, 0.1) is 12.8 Å². The van der Waals surface area contributed by atoms with Gasteiger partial charge in [-0.3, -0.25) is 4.79 Å². The predicted molar refractivity (Wildman–Crippen MR) is 70.1 cm³/mol. The van der Waals surface area contributed by atoms with Crippen molar-refractivity contribution in [2.75, 3.05) is 13.1 Å². The van der Waals surface area contributed by atoms with E-state index in [4.69, 9.17) is 16.1 Å². The lowest BCUT2D eigenvalue weighted by molar-refractivity contribution is 0.164. The molecule has 0 unspecified atom stereocenters. The number of amides is 1. The molecule has 1 heterocycles.